The number of Topliss-reactive ketones (excluding diaryl/α,β-unsaturated/α-hetero) is 1. The highest BCUT2D eigenvalue weighted by Crippen LogP contribution is 2.40. The third-order valence-corrected chi connectivity index (χ3v) is 5.38. The van der Waals surface area contributed by atoms with Crippen LogP contribution in [0, 0.1) is 5.82 Å². The summed E-state index contributed by atoms with van der Waals surface area (Å²) in [7, 11) is -4.20. The first kappa shape index (κ1) is 12.7. The second kappa shape index (κ2) is 3.88. The van der Waals surface area contributed by atoms with E-state index < -0.39 is 45.0 Å². The van der Waals surface area contributed by atoms with Crippen LogP contribution in [0.15, 0.2) is 29.2 Å². The molecule has 1 fully saturated rings. The number of halogens is 1. The summed E-state index contributed by atoms with van der Waals surface area (Å²) in [6, 6.07) is 3.86. The van der Waals surface area contributed by atoms with Gasteiger partial charge in [0.15, 0.2) is 14.6 Å². The Morgan fingerprint density at radius 2 is 1.72 bits per heavy atom. The van der Waals surface area contributed by atoms with Gasteiger partial charge in [-0.25, -0.2) is 12.8 Å². The molecule has 0 amide bonds. The number of hydrogen-bond donors (Lipinski definition) is 1. The van der Waals surface area contributed by atoms with Crippen molar-refractivity contribution in [2.75, 3.05) is 0 Å². The molecule has 0 saturated heterocycles. The number of carbonyl (C=O) groups excluding carboxylic acids is 1. The van der Waals surface area contributed by atoms with Crippen LogP contribution < -0.4 is 0 Å². The van der Waals surface area contributed by atoms with E-state index in [0.29, 0.717) is 0 Å². The quantitative estimate of drug-likeness (QED) is 0.822. The standard InChI is InChI=1S/C11H9FO5S/c12-7-1-3-9(4-2-7)18(16,17)11(10(14)15)5-8(13)6-11/h1-4H,5-6H2,(H,14,15). The Labute approximate surface area is 102 Å². The van der Waals surface area contributed by atoms with Gasteiger partial charge in [0.1, 0.15) is 11.6 Å². The summed E-state index contributed by atoms with van der Waals surface area (Å²) >= 11 is 0. The van der Waals surface area contributed by atoms with Crippen LogP contribution in [0.3, 0.4) is 0 Å². The Morgan fingerprint density at radius 3 is 2.11 bits per heavy atom. The monoisotopic (exact) mass is 272 g/mol. The number of carboxylic acids is 1. The number of benzene rings is 1. The molecule has 0 unspecified atom stereocenters. The topological polar surface area (TPSA) is 88.5 Å². The maximum absolute atomic E-state index is 12.7. The number of aliphatic carboxylic acids is 1. The van der Waals surface area contributed by atoms with Crippen molar-refractivity contribution < 1.29 is 27.5 Å². The second-order valence-electron chi connectivity index (χ2n) is 4.15. The van der Waals surface area contributed by atoms with Crippen LogP contribution in [0.25, 0.3) is 0 Å². The summed E-state index contributed by atoms with van der Waals surface area (Å²) in [5.74, 6) is -2.59. The molecule has 0 atom stereocenters. The Morgan fingerprint density at radius 1 is 1.22 bits per heavy atom. The van der Waals surface area contributed by atoms with Gasteiger partial charge < -0.3 is 5.11 Å². The van der Waals surface area contributed by atoms with E-state index in [2.05, 4.69) is 0 Å². The molecule has 2 rings (SSSR count). The highest BCUT2D eigenvalue weighted by molar-refractivity contribution is 7.93. The van der Waals surface area contributed by atoms with Gasteiger partial charge in [0.05, 0.1) is 4.90 Å². The summed E-state index contributed by atoms with van der Waals surface area (Å²) in [6.07, 6.45) is -1.08. The first-order valence-electron chi connectivity index (χ1n) is 5.05. The van der Waals surface area contributed by atoms with Crippen molar-refractivity contribution >= 4 is 21.6 Å². The van der Waals surface area contributed by atoms with E-state index in [1.165, 1.54) is 0 Å². The van der Waals surface area contributed by atoms with Gasteiger partial charge in [0, 0.05) is 12.8 Å². The number of sulfone groups is 1. The van der Waals surface area contributed by atoms with Crippen LogP contribution in [0.1, 0.15) is 12.8 Å². The average Bonchev–Trinajstić information content (AvgIpc) is 2.24. The Bertz CT molecular complexity index is 609. The van der Waals surface area contributed by atoms with Crippen LogP contribution in [0.2, 0.25) is 0 Å². The zero-order valence-electron chi connectivity index (χ0n) is 9.09. The minimum Gasteiger partial charge on any atom is -0.480 e. The fraction of sp³-hybridized carbons (Fsp3) is 0.273. The predicted octanol–water partition coefficient (Wildman–Crippen LogP) is 0.786. The van der Waals surface area contributed by atoms with Crippen molar-refractivity contribution in [2.45, 2.75) is 22.5 Å². The molecule has 1 N–H and O–H groups in total. The van der Waals surface area contributed by atoms with Crippen molar-refractivity contribution in [3.05, 3.63) is 30.1 Å². The van der Waals surface area contributed by atoms with E-state index in [0.717, 1.165) is 24.3 Å². The Balaban J connectivity index is 2.51. The van der Waals surface area contributed by atoms with Crippen LogP contribution in [0.4, 0.5) is 4.39 Å². The summed E-state index contributed by atoms with van der Waals surface area (Å²) in [5.41, 5.74) is 0. The highest BCUT2D eigenvalue weighted by Gasteiger charge is 2.60. The second-order valence-corrected chi connectivity index (χ2v) is 6.41. The molecule has 0 aliphatic heterocycles. The molecule has 0 radical (unpaired) electrons. The van der Waals surface area contributed by atoms with E-state index in [1.807, 2.05) is 0 Å². The smallest absolute Gasteiger partial charge is 0.326 e. The van der Waals surface area contributed by atoms with Crippen molar-refractivity contribution in [3.8, 4) is 0 Å². The van der Waals surface area contributed by atoms with E-state index in [-0.39, 0.29) is 4.90 Å². The minimum absolute atomic E-state index is 0.293. The van der Waals surface area contributed by atoms with Gasteiger partial charge >= 0.3 is 5.97 Å². The third-order valence-electron chi connectivity index (χ3n) is 2.99. The van der Waals surface area contributed by atoms with Crippen LogP contribution in [-0.2, 0) is 19.4 Å². The number of carboxylic acid groups (broad SMARTS) is 1. The molecule has 18 heavy (non-hydrogen) atoms. The third kappa shape index (κ3) is 1.62. The van der Waals surface area contributed by atoms with E-state index >= 15 is 0 Å². The van der Waals surface area contributed by atoms with Crippen molar-refractivity contribution in [1.29, 1.82) is 0 Å². The maximum Gasteiger partial charge on any atom is 0.326 e. The Kier molecular flexibility index (Phi) is 2.73. The Hall–Kier alpha value is -1.76. The number of rotatable bonds is 3. The molecule has 0 bridgehead atoms. The maximum atomic E-state index is 12.7. The zero-order valence-corrected chi connectivity index (χ0v) is 9.91. The molecule has 0 spiro atoms. The molecule has 1 saturated carbocycles. The summed E-state index contributed by atoms with van der Waals surface area (Å²) in [4.78, 5) is 21.8. The molecule has 5 nitrogen and oxygen atoms in total. The minimum atomic E-state index is -4.20. The summed E-state index contributed by atoms with van der Waals surface area (Å²) in [6.45, 7) is 0. The van der Waals surface area contributed by atoms with E-state index in [9.17, 15) is 22.4 Å². The fourth-order valence-electron chi connectivity index (χ4n) is 1.88. The molecule has 1 aliphatic rings. The lowest BCUT2D eigenvalue weighted by molar-refractivity contribution is -0.147. The fourth-order valence-corrected chi connectivity index (χ4v) is 3.76. The predicted molar refractivity (Wildman–Crippen MR) is 58.2 cm³/mol. The lowest BCUT2D eigenvalue weighted by Gasteiger charge is -2.35. The molecule has 7 heteroatoms. The SMILES string of the molecule is O=C1CC(C(=O)O)(S(=O)(=O)c2ccc(F)cc2)C1. The highest BCUT2D eigenvalue weighted by atomic mass is 32.2. The lowest BCUT2D eigenvalue weighted by Crippen LogP contribution is -2.56. The molecule has 0 aromatic heterocycles. The summed E-state index contributed by atoms with van der Waals surface area (Å²) in [5, 5.41) is 9.05. The van der Waals surface area contributed by atoms with Gasteiger partial charge in [-0.15, -0.1) is 0 Å². The normalized spacial score (nSPS) is 18.2. The van der Waals surface area contributed by atoms with Gasteiger partial charge in [0.2, 0.25) is 0 Å². The van der Waals surface area contributed by atoms with E-state index in [4.69, 9.17) is 5.11 Å². The first-order valence-corrected chi connectivity index (χ1v) is 6.53. The number of carbonyl (C=O) groups is 2. The zero-order chi connectivity index (χ0) is 13.6. The lowest BCUT2D eigenvalue weighted by atomic mass is 9.83. The van der Waals surface area contributed by atoms with Crippen LogP contribution in [0.5, 0.6) is 0 Å². The molecule has 0 heterocycles. The molecule has 96 valence electrons. The average molecular weight is 272 g/mol. The van der Waals surface area contributed by atoms with Gasteiger partial charge in [-0.05, 0) is 24.3 Å². The molecule has 1 aromatic carbocycles. The van der Waals surface area contributed by atoms with Gasteiger partial charge in [-0.2, -0.15) is 0 Å². The van der Waals surface area contributed by atoms with Gasteiger partial charge in [-0.3, -0.25) is 9.59 Å². The molecular weight excluding hydrogens is 263 g/mol. The largest absolute Gasteiger partial charge is 0.480 e. The molecule has 1 aromatic rings. The molecular formula is C11H9FO5S. The van der Waals surface area contributed by atoms with Gasteiger partial charge in [0.25, 0.3) is 0 Å². The molecule has 1 aliphatic carbocycles. The van der Waals surface area contributed by atoms with Crippen molar-refractivity contribution in [3.63, 3.8) is 0 Å². The summed E-state index contributed by atoms with van der Waals surface area (Å²) < 4.78 is 35.0. The van der Waals surface area contributed by atoms with Crippen LogP contribution in [-0.4, -0.2) is 30.0 Å². The van der Waals surface area contributed by atoms with Crippen molar-refractivity contribution in [1.82, 2.24) is 0 Å². The van der Waals surface area contributed by atoms with Crippen LogP contribution >= 0.6 is 0 Å². The van der Waals surface area contributed by atoms with Gasteiger partial charge in [-0.1, -0.05) is 0 Å². The number of hydrogen-bond acceptors (Lipinski definition) is 4. The van der Waals surface area contributed by atoms with E-state index in [1.54, 1.807) is 0 Å². The van der Waals surface area contributed by atoms with Crippen molar-refractivity contribution in [2.24, 2.45) is 0 Å². The number of ketones is 1. The first-order chi connectivity index (χ1) is 8.29.